The molecule has 0 aliphatic carbocycles. The number of likely N-dealkylation sites (N-methyl/N-ethyl adjacent to an activating group) is 1. The maximum atomic E-state index is 12.8. The van der Waals surface area contributed by atoms with E-state index in [2.05, 4.69) is 5.10 Å². The molecule has 0 saturated carbocycles. The van der Waals surface area contributed by atoms with Crippen molar-refractivity contribution >= 4 is 11.9 Å². The molecule has 0 aliphatic rings. The van der Waals surface area contributed by atoms with Crippen LogP contribution < -0.4 is 4.74 Å². The van der Waals surface area contributed by atoms with Gasteiger partial charge in [-0.15, -0.1) is 0 Å². The van der Waals surface area contributed by atoms with Gasteiger partial charge in [0.05, 0.1) is 18.5 Å². The van der Waals surface area contributed by atoms with E-state index in [-0.39, 0.29) is 5.69 Å². The Morgan fingerprint density at radius 3 is 2.32 bits per heavy atom. The average molecular weight is 379 g/mol. The Balaban J connectivity index is 2.07. The molecule has 7 nitrogen and oxygen atoms in total. The zero-order chi connectivity index (χ0) is 20.3. The minimum atomic E-state index is -1.08. The molecular weight excluding hydrogens is 358 g/mol. The van der Waals surface area contributed by atoms with Crippen LogP contribution in [-0.2, 0) is 4.79 Å². The highest BCUT2D eigenvalue weighted by molar-refractivity contribution is 5.95. The molecule has 0 spiro atoms. The lowest BCUT2D eigenvalue weighted by atomic mass is 10.1. The van der Waals surface area contributed by atoms with Crippen LogP contribution in [0.1, 0.15) is 17.4 Å². The maximum Gasteiger partial charge on any atom is 0.326 e. The Morgan fingerprint density at radius 1 is 1.11 bits per heavy atom. The van der Waals surface area contributed by atoms with Gasteiger partial charge in [-0.05, 0) is 49.4 Å². The Kier molecular flexibility index (Phi) is 5.44. The summed E-state index contributed by atoms with van der Waals surface area (Å²) in [6.07, 6.45) is 0. The van der Waals surface area contributed by atoms with Gasteiger partial charge in [-0.2, -0.15) is 5.10 Å². The Morgan fingerprint density at radius 2 is 1.75 bits per heavy atom. The van der Waals surface area contributed by atoms with Crippen LogP contribution in [0.3, 0.4) is 0 Å². The highest BCUT2D eigenvalue weighted by atomic mass is 16.5. The lowest BCUT2D eigenvalue weighted by Crippen LogP contribution is -2.40. The first-order chi connectivity index (χ1) is 13.4. The number of carbonyl (C=O) groups excluding carboxylic acids is 1. The van der Waals surface area contributed by atoms with Gasteiger partial charge >= 0.3 is 5.97 Å². The molecule has 1 aromatic heterocycles. The highest BCUT2D eigenvalue weighted by Crippen LogP contribution is 2.26. The molecule has 1 N–H and O–H groups in total. The second-order valence-electron chi connectivity index (χ2n) is 6.32. The number of para-hydroxylation sites is 1. The fourth-order valence-electron chi connectivity index (χ4n) is 2.74. The van der Waals surface area contributed by atoms with E-state index in [4.69, 9.17) is 4.74 Å². The zero-order valence-electron chi connectivity index (χ0n) is 15.9. The number of amides is 1. The number of carboxylic acid groups (broad SMARTS) is 1. The molecule has 0 bridgehead atoms. The van der Waals surface area contributed by atoms with Crippen LogP contribution in [0.25, 0.3) is 16.9 Å². The van der Waals surface area contributed by atoms with E-state index < -0.39 is 17.9 Å². The fourth-order valence-corrected chi connectivity index (χ4v) is 2.74. The van der Waals surface area contributed by atoms with E-state index >= 15 is 0 Å². The summed E-state index contributed by atoms with van der Waals surface area (Å²) in [5.74, 6) is -0.811. The van der Waals surface area contributed by atoms with Gasteiger partial charge in [-0.1, -0.05) is 18.2 Å². The smallest absolute Gasteiger partial charge is 0.326 e. The summed E-state index contributed by atoms with van der Waals surface area (Å²) in [6, 6.07) is 17.6. The van der Waals surface area contributed by atoms with Gasteiger partial charge in [0.1, 0.15) is 11.8 Å². The van der Waals surface area contributed by atoms with E-state index in [1.54, 1.807) is 17.9 Å². The van der Waals surface area contributed by atoms with Gasteiger partial charge in [0.25, 0.3) is 5.91 Å². The first-order valence-corrected chi connectivity index (χ1v) is 8.72. The van der Waals surface area contributed by atoms with Crippen molar-refractivity contribution < 1.29 is 19.4 Å². The molecule has 0 aliphatic heterocycles. The van der Waals surface area contributed by atoms with E-state index in [1.807, 2.05) is 54.6 Å². The quantitative estimate of drug-likeness (QED) is 0.711. The van der Waals surface area contributed by atoms with Crippen LogP contribution in [0.4, 0.5) is 0 Å². The summed E-state index contributed by atoms with van der Waals surface area (Å²) in [4.78, 5) is 25.2. The first kappa shape index (κ1) is 19.2. The predicted octanol–water partition coefficient (Wildman–Crippen LogP) is 3.09. The minimum Gasteiger partial charge on any atom is -0.497 e. The summed E-state index contributed by atoms with van der Waals surface area (Å²) in [7, 11) is 3.05. The minimum absolute atomic E-state index is 0.172. The third kappa shape index (κ3) is 3.73. The van der Waals surface area contributed by atoms with Gasteiger partial charge in [0.15, 0.2) is 5.69 Å². The van der Waals surface area contributed by atoms with Crippen molar-refractivity contribution in [1.29, 1.82) is 0 Å². The van der Waals surface area contributed by atoms with Crippen LogP contribution in [-0.4, -0.2) is 51.9 Å². The van der Waals surface area contributed by atoms with Crippen LogP contribution in [0.5, 0.6) is 5.75 Å². The molecule has 0 fully saturated rings. The topological polar surface area (TPSA) is 84.7 Å². The van der Waals surface area contributed by atoms with Crippen molar-refractivity contribution in [2.75, 3.05) is 14.2 Å². The van der Waals surface area contributed by atoms with Gasteiger partial charge in [-0.3, -0.25) is 4.79 Å². The zero-order valence-corrected chi connectivity index (χ0v) is 15.9. The number of hydrogen-bond donors (Lipinski definition) is 1. The molecule has 144 valence electrons. The van der Waals surface area contributed by atoms with Gasteiger partial charge in [-0.25, -0.2) is 9.48 Å². The summed E-state index contributed by atoms with van der Waals surface area (Å²) < 4.78 is 6.88. The standard InChI is InChI=1S/C21H21N3O4/c1-14(21(26)27)23(2)20(25)18-13-19(15-9-11-17(28-3)12-10-15)24(22-18)16-7-5-4-6-8-16/h4-14H,1-3H3,(H,26,27). The van der Waals surface area contributed by atoms with Crippen molar-refractivity contribution in [2.45, 2.75) is 13.0 Å². The van der Waals surface area contributed by atoms with Crippen LogP contribution >= 0.6 is 0 Å². The average Bonchev–Trinajstić information content (AvgIpc) is 3.18. The third-order valence-corrected chi connectivity index (χ3v) is 4.57. The molecule has 1 heterocycles. The third-order valence-electron chi connectivity index (χ3n) is 4.57. The molecule has 28 heavy (non-hydrogen) atoms. The number of carbonyl (C=O) groups is 2. The Hall–Kier alpha value is -3.61. The number of benzene rings is 2. The molecule has 0 saturated heterocycles. The fraction of sp³-hybridized carbons (Fsp3) is 0.190. The number of aliphatic carboxylic acids is 1. The normalized spacial score (nSPS) is 11.7. The Bertz CT molecular complexity index is 981. The number of aromatic nitrogens is 2. The molecule has 3 rings (SSSR count). The summed E-state index contributed by atoms with van der Waals surface area (Å²) in [5, 5.41) is 13.6. The van der Waals surface area contributed by atoms with E-state index in [0.29, 0.717) is 5.69 Å². The van der Waals surface area contributed by atoms with E-state index in [0.717, 1.165) is 21.9 Å². The molecule has 1 unspecified atom stereocenters. The lowest BCUT2D eigenvalue weighted by Gasteiger charge is -2.20. The summed E-state index contributed by atoms with van der Waals surface area (Å²) in [6.45, 7) is 1.46. The molecule has 1 amide bonds. The van der Waals surface area contributed by atoms with Crippen LogP contribution in [0.2, 0.25) is 0 Å². The number of methoxy groups -OCH3 is 1. The van der Waals surface area contributed by atoms with Crippen LogP contribution in [0.15, 0.2) is 60.7 Å². The van der Waals surface area contributed by atoms with E-state index in [9.17, 15) is 14.7 Å². The molecule has 1 atom stereocenters. The van der Waals surface area contributed by atoms with Crippen molar-refractivity contribution in [2.24, 2.45) is 0 Å². The maximum absolute atomic E-state index is 12.8. The second-order valence-corrected chi connectivity index (χ2v) is 6.32. The molecule has 0 radical (unpaired) electrons. The number of carboxylic acids is 1. The molecular formula is C21H21N3O4. The monoisotopic (exact) mass is 379 g/mol. The van der Waals surface area contributed by atoms with Gasteiger partial charge in [0, 0.05) is 12.6 Å². The first-order valence-electron chi connectivity index (χ1n) is 8.72. The van der Waals surface area contributed by atoms with Crippen molar-refractivity contribution in [1.82, 2.24) is 14.7 Å². The number of ether oxygens (including phenoxy) is 1. The summed E-state index contributed by atoms with van der Waals surface area (Å²) >= 11 is 0. The predicted molar refractivity (Wildman–Crippen MR) is 105 cm³/mol. The number of nitrogens with zero attached hydrogens (tertiary/aromatic N) is 3. The van der Waals surface area contributed by atoms with Gasteiger partial charge in [0.2, 0.25) is 0 Å². The number of hydrogen-bond acceptors (Lipinski definition) is 4. The second kappa shape index (κ2) is 7.96. The summed E-state index contributed by atoms with van der Waals surface area (Å²) in [5.41, 5.74) is 2.53. The van der Waals surface area contributed by atoms with Gasteiger partial charge < -0.3 is 14.7 Å². The highest BCUT2D eigenvalue weighted by Gasteiger charge is 2.26. The van der Waals surface area contributed by atoms with E-state index in [1.165, 1.54) is 14.0 Å². The molecule has 3 aromatic rings. The van der Waals surface area contributed by atoms with Crippen molar-refractivity contribution in [3.8, 4) is 22.7 Å². The van der Waals surface area contributed by atoms with Crippen molar-refractivity contribution in [3.63, 3.8) is 0 Å². The number of rotatable bonds is 6. The SMILES string of the molecule is COc1ccc(-c2cc(C(=O)N(C)C(C)C(=O)O)nn2-c2ccccc2)cc1. The lowest BCUT2D eigenvalue weighted by molar-refractivity contribution is -0.141. The van der Waals surface area contributed by atoms with Crippen LogP contribution in [0, 0.1) is 0 Å². The van der Waals surface area contributed by atoms with Crippen molar-refractivity contribution in [3.05, 3.63) is 66.4 Å². The molecule has 7 heteroatoms. The largest absolute Gasteiger partial charge is 0.497 e. The molecule has 2 aromatic carbocycles. The Labute approximate surface area is 162 Å².